The standard InChI is InChI=1S/C22H38N2O9S/c1-12-17(28)18(29)19(30)21(32-12)34-9-8-23-20(31)14-10-13(25)11-24(14)15(26)6-5-7-16(27)33-22(2,3)4/h12-14,17-19,21,25,28-30H,5-11H2,1-4H3,(H,23,31)/t12-,13+,14-,17+,18+,19-,21-/m0/s1. The van der Waals surface area contributed by atoms with Crippen LogP contribution in [0.5, 0.6) is 0 Å². The number of rotatable bonds is 9. The lowest BCUT2D eigenvalue weighted by Gasteiger charge is -2.39. The fourth-order valence-corrected chi connectivity index (χ4v) is 4.94. The second-order valence-electron chi connectivity index (χ2n) is 9.73. The van der Waals surface area contributed by atoms with Crippen molar-refractivity contribution >= 4 is 29.5 Å². The summed E-state index contributed by atoms with van der Waals surface area (Å²) < 4.78 is 10.7. The number of amides is 2. The Morgan fingerprint density at radius 1 is 1.09 bits per heavy atom. The predicted molar refractivity (Wildman–Crippen MR) is 124 cm³/mol. The second kappa shape index (κ2) is 12.5. The summed E-state index contributed by atoms with van der Waals surface area (Å²) in [4.78, 5) is 38.4. The first kappa shape index (κ1) is 28.8. The molecule has 2 rings (SSSR count). The van der Waals surface area contributed by atoms with Gasteiger partial charge in [-0.2, -0.15) is 0 Å². The van der Waals surface area contributed by atoms with Gasteiger partial charge in [-0.1, -0.05) is 0 Å². The van der Waals surface area contributed by atoms with E-state index in [1.54, 1.807) is 27.7 Å². The normalized spacial score (nSPS) is 31.9. The molecule has 2 aliphatic heterocycles. The summed E-state index contributed by atoms with van der Waals surface area (Å²) in [6.45, 7) is 7.17. The van der Waals surface area contributed by atoms with Gasteiger partial charge in [0.15, 0.2) is 0 Å². The number of aliphatic hydroxyl groups is 4. The van der Waals surface area contributed by atoms with E-state index in [1.807, 2.05) is 0 Å². The Bertz CT molecular complexity index is 717. The van der Waals surface area contributed by atoms with Gasteiger partial charge in [0.05, 0.1) is 12.2 Å². The Balaban J connectivity index is 1.76. The van der Waals surface area contributed by atoms with Crippen molar-refractivity contribution in [3.8, 4) is 0 Å². The first-order valence-electron chi connectivity index (χ1n) is 11.6. The number of carbonyl (C=O) groups excluding carboxylic acids is 3. The molecule has 0 aromatic rings. The molecule has 196 valence electrons. The number of hydrogen-bond donors (Lipinski definition) is 5. The van der Waals surface area contributed by atoms with Crippen LogP contribution in [-0.2, 0) is 23.9 Å². The maximum absolute atomic E-state index is 12.7. The Labute approximate surface area is 204 Å². The molecular formula is C22H38N2O9S. The number of likely N-dealkylation sites (tertiary alicyclic amines) is 1. The molecular weight excluding hydrogens is 468 g/mol. The highest BCUT2D eigenvalue weighted by atomic mass is 32.2. The summed E-state index contributed by atoms with van der Waals surface area (Å²) in [6.07, 6.45) is -4.62. The van der Waals surface area contributed by atoms with E-state index in [0.29, 0.717) is 5.75 Å². The van der Waals surface area contributed by atoms with Crippen LogP contribution in [0.1, 0.15) is 53.4 Å². The van der Waals surface area contributed by atoms with Crippen molar-refractivity contribution in [3.63, 3.8) is 0 Å². The highest BCUT2D eigenvalue weighted by Crippen LogP contribution is 2.28. The summed E-state index contributed by atoms with van der Waals surface area (Å²) in [5, 5.41) is 42.4. The van der Waals surface area contributed by atoms with Crippen LogP contribution < -0.4 is 5.32 Å². The maximum Gasteiger partial charge on any atom is 0.306 e. The number of hydrogen-bond acceptors (Lipinski definition) is 10. The zero-order valence-electron chi connectivity index (χ0n) is 20.2. The number of esters is 1. The zero-order chi connectivity index (χ0) is 25.6. The molecule has 7 atom stereocenters. The van der Waals surface area contributed by atoms with Crippen LogP contribution in [0.4, 0.5) is 0 Å². The van der Waals surface area contributed by atoms with Crippen molar-refractivity contribution in [2.24, 2.45) is 0 Å². The quantitative estimate of drug-likeness (QED) is 0.196. The number of ether oxygens (including phenoxy) is 2. The van der Waals surface area contributed by atoms with Crippen molar-refractivity contribution in [3.05, 3.63) is 0 Å². The van der Waals surface area contributed by atoms with Gasteiger partial charge in [-0.15, -0.1) is 11.8 Å². The van der Waals surface area contributed by atoms with Gasteiger partial charge in [0.1, 0.15) is 35.4 Å². The average Bonchev–Trinajstić information content (AvgIpc) is 3.13. The van der Waals surface area contributed by atoms with E-state index in [-0.39, 0.29) is 44.7 Å². The summed E-state index contributed by atoms with van der Waals surface area (Å²) in [7, 11) is 0. The van der Waals surface area contributed by atoms with Gasteiger partial charge in [0.25, 0.3) is 0 Å². The Morgan fingerprint density at radius 3 is 2.41 bits per heavy atom. The third-order valence-electron chi connectivity index (χ3n) is 5.59. The van der Waals surface area contributed by atoms with Crippen LogP contribution in [0.2, 0.25) is 0 Å². The minimum atomic E-state index is -1.31. The van der Waals surface area contributed by atoms with E-state index in [2.05, 4.69) is 5.32 Å². The average molecular weight is 507 g/mol. The lowest BCUT2D eigenvalue weighted by Crippen LogP contribution is -2.55. The lowest BCUT2D eigenvalue weighted by atomic mass is 10.0. The number of aliphatic hydroxyl groups excluding tert-OH is 4. The molecule has 0 aliphatic carbocycles. The number of β-amino-alcohol motifs (C(OH)–C–C–N with tert-alkyl or cyclic N) is 1. The Morgan fingerprint density at radius 2 is 1.76 bits per heavy atom. The molecule has 2 fully saturated rings. The SMILES string of the molecule is C[C@@H]1O[C@@H](SCCNC(=O)[C@@H]2C[C@@H](O)CN2C(=O)CCCC(=O)OC(C)(C)C)[C@@H](O)[C@H](O)[C@@H]1O. The van der Waals surface area contributed by atoms with Gasteiger partial charge >= 0.3 is 5.97 Å². The lowest BCUT2D eigenvalue weighted by molar-refractivity contribution is -0.192. The molecule has 34 heavy (non-hydrogen) atoms. The summed E-state index contributed by atoms with van der Waals surface area (Å²) in [5.74, 6) is -0.735. The molecule has 0 unspecified atom stereocenters. The van der Waals surface area contributed by atoms with Crippen molar-refractivity contribution in [1.82, 2.24) is 10.2 Å². The molecule has 0 spiro atoms. The molecule has 5 N–H and O–H groups in total. The molecule has 0 aromatic carbocycles. The van der Waals surface area contributed by atoms with E-state index in [4.69, 9.17) is 9.47 Å². The minimum absolute atomic E-state index is 0.0539. The van der Waals surface area contributed by atoms with Gasteiger partial charge < -0.3 is 40.1 Å². The van der Waals surface area contributed by atoms with Crippen LogP contribution in [0.15, 0.2) is 0 Å². The van der Waals surface area contributed by atoms with Crippen molar-refractivity contribution < 1.29 is 44.3 Å². The van der Waals surface area contributed by atoms with Gasteiger partial charge in [-0.3, -0.25) is 14.4 Å². The van der Waals surface area contributed by atoms with E-state index >= 15 is 0 Å². The summed E-state index contributed by atoms with van der Waals surface area (Å²) in [6, 6.07) is -0.803. The number of nitrogens with one attached hydrogen (secondary N) is 1. The molecule has 12 heteroatoms. The third-order valence-corrected chi connectivity index (χ3v) is 6.74. The highest BCUT2D eigenvalue weighted by molar-refractivity contribution is 7.99. The molecule has 0 bridgehead atoms. The third kappa shape index (κ3) is 8.35. The predicted octanol–water partition coefficient (Wildman–Crippen LogP) is -0.863. The summed E-state index contributed by atoms with van der Waals surface area (Å²) in [5.41, 5.74) is -1.34. The summed E-state index contributed by atoms with van der Waals surface area (Å²) >= 11 is 1.19. The number of thioether (sulfide) groups is 1. The second-order valence-corrected chi connectivity index (χ2v) is 10.9. The fraction of sp³-hybridized carbons (Fsp3) is 0.864. The first-order chi connectivity index (χ1) is 15.8. The van der Waals surface area contributed by atoms with Crippen LogP contribution in [-0.4, -0.2) is 110 Å². The van der Waals surface area contributed by atoms with Gasteiger partial charge in [0.2, 0.25) is 11.8 Å². The largest absolute Gasteiger partial charge is 0.460 e. The van der Waals surface area contributed by atoms with E-state index in [9.17, 15) is 34.8 Å². The van der Waals surface area contributed by atoms with Crippen molar-refractivity contribution in [1.29, 1.82) is 0 Å². The van der Waals surface area contributed by atoms with Crippen LogP contribution in [0, 0.1) is 0 Å². The molecule has 2 heterocycles. The minimum Gasteiger partial charge on any atom is -0.460 e. The van der Waals surface area contributed by atoms with Crippen molar-refractivity contribution in [2.75, 3.05) is 18.8 Å². The van der Waals surface area contributed by atoms with Crippen LogP contribution in [0.3, 0.4) is 0 Å². The van der Waals surface area contributed by atoms with E-state index in [0.717, 1.165) is 0 Å². The fourth-order valence-electron chi connectivity index (χ4n) is 3.88. The van der Waals surface area contributed by atoms with Crippen LogP contribution in [0.25, 0.3) is 0 Å². The molecule has 2 aliphatic rings. The molecule has 0 saturated carbocycles. The smallest absolute Gasteiger partial charge is 0.306 e. The molecule has 11 nitrogen and oxygen atoms in total. The number of nitrogens with zero attached hydrogens (tertiary/aromatic N) is 1. The van der Waals surface area contributed by atoms with E-state index < -0.39 is 59.5 Å². The molecule has 2 saturated heterocycles. The Hall–Kier alpha value is -1.44. The zero-order valence-corrected chi connectivity index (χ0v) is 21.0. The topological polar surface area (TPSA) is 166 Å². The monoisotopic (exact) mass is 506 g/mol. The van der Waals surface area contributed by atoms with E-state index in [1.165, 1.54) is 16.7 Å². The first-order valence-corrected chi connectivity index (χ1v) is 12.6. The maximum atomic E-state index is 12.7. The van der Waals surface area contributed by atoms with Crippen LogP contribution >= 0.6 is 11.8 Å². The van der Waals surface area contributed by atoms with Gasteiger partial charge in [-0.05, 0) is 34.1 Å². The molecule has 0 aromatic heterocycles. The van der Waals surface area contributed by atoms with Gasteiger partial charge in [0, 0.05) is 38.1 Å². The molecule has 2 amide bonds. The number of carbonyl (C=O) groups is 3. The highest BCUT2D eigenvalue weighted by Gasteiger charge is 2.42. The van der Waals surface area contributed by atoms with Crippen molar-refractivity contribution in [2.45, 2.75) is 101 Å². The Kier molecular flexibility index (Phi) is 10.6. The van der Waals surface area contributed by atoms with Gasteiger partial charge in [-0.25, -0.2) is 0 Å². The molecule has 0 radical (unpaired) electrons.